The smallest absolute Gasteiger partial charge is 0.175 e. The van der Waals surface area contributed by atoms with Crippen molar-refractivity contribution in [3.8, 4) is 17.6 Å². The second kappa shape index (κ2) is 10.4. The summed E-state index contributed by atoms with van der Waals surface area (Å²) in [7, 11) is 1.57. The van der Waals surface area contributed by atoms with Gasteiger partial charge in [-0.3, -0.25) is 0 Å². The minimum Gasteiger partial charge on any atom is -0.493 e. The molecule has 0 saturated carbocycles. The Morgan fingerprint density at radius 3 is 2.43 bits per heavy atom. The van der Waals surface area contributed by atoms with Gasteiger partial charge in [0.15, 0.2) is 11.5 Å². The van der Waals surface area contributed by atoms with Crippen LogP contribution in [0.3, 0.4) is 0 Å². The van der Waals surface area contributed by atoms with Gasteiger partial charge in [-0.05, 0) is 69.5 Å². The van der Waals surface area contributed by atoms with Gasteiger partial charge in [0.05, 0.1) is 23.2 Å². The number of nitriles is 1. The summed E-state index contributed by atoms with van der Waals surface area (Å²) in [6.45, 7) is 0.252. The summed E-state index contributed by atoms with van der Waals surface area (Å²) in [6, 6.07) is 18.8. The fourth-order valence-electron chi connectivity index (χ4n) is 2.73. The highest BCUT2D eigenvalue weighted by atomic mass is 79.9. The molecule has 0 heterocycles. The molecule has 0 aromatic heterocycles. The second-order valence-corrected chi connectivity index (χ2v) is 8.85. The summed E-state index contributed by atoms with van der Waals surface area (Å²) < 4.78 is 13.1. The zero-order valence-electron chi connectivity index (χ0n) is 15.8. The van der Waals surface area contributed by atoms with Crippen molar-refractivity contribution in [2.24, 2.45) is 0 Å². The van der Waals surface area contributed by atoms with Crippen LogP contribution >= 0.6 is 55.1 Å². The largest absolute Gasteiger partial charge is 0.493 e. The quantitative estimate of drug-likeness (QED) is 0.223. The molecule has 0 aliphatic carbocycles. The third-order valence-corrected chi connectivity index (χ3v) is 5.93. The fourth-order valence-corrected chi connectivity index (χ4v) is 4.03. The van der Waals surface area contributed by atoms with Crippen LogP contribution in [0.25, 0.3) is 11.6 Å². The minimum absolute atomic E-state index is 0.252. The average Bonchev–Trinajstić information content (AvgIpc) is 2.72. The molecule has 0 atom stereocenters. The number of methoxy groups -OCH3 is 1. The van der Waals surface area contributed by atoms with Crippen molar-refractivity contribution in [2.45, 2.75) is 6.61 Å². The number of allylic oxidation sites excluding steroid dienone is 1. The van der Waals surface area contributed by atoms with E-state index in [9.17, 15) is 5.26 Å². The van der Waals surface area contributed by atoms with Crippen LogP contribution in [0.2, 0.25) is 10.0 Å². The molecule has 0 aliphatic rings. The van der Waals surface area contributed by atoms with Crippen LogP contribution in [-0.2, 0) is 6.61 Å². The molecule has 0 radical (unpaired) electrons. The Kier molecular flexibility index (Phi) is 7.85. The molecule has 30 heavy (non-hydrogen) atoms. The number of nitrogens with zero attached hydrogens (tertiary/aromatic N) is 1. The normalized spacial score (nSPS) is 11.1. The Bertz CT molecular complexity index is 1140. The average molecular weight is 568 g/mol. The number of rotatable bonds is 6. The fraction of sp³-hybridized carbons (Fsp3) is 0.0870. The molecule has 0 fully saturated rings. The summed E-state index contributed by atoms with van der Waals surface area (Å²) in [5.74, 6) is 1.08. The van der Waals surface area contributed by atoms with Gasteiger partial charge in [0.25, 0.3) is 0 Å². The van der Waals surface area contributed by atoms with E-state index in [0.717, 1.165) is 21.2 Å². The minimum atomic E-state index is 0.252. The van der Waals surface area contributed by atoms with E-state index in [1.807, 2.05) is 42.5 Å². The highest BCUT2D eigenvalue weighted by molar-refractivity contribution is 9.10. The Morgan fingerprint density at radius 2 is 1.80 bits per heavy atom. The second-order valence-electron chi connectivity index (χ2n) is 6.24. The lowest BCUT2D eigenvalue weighted by molar-refractivity contribution is 0.282. The molecule has 3 aromatic rings. The van der Waals surface area contributed by atoms with Crippen molar-refractivity contribution in [3.05, 3.63) is 90.3 Å². The molecule has 3 nitrogen and oxygen atoms in total. The van der Waals surface area contributed by atoms with Crippen LogP contribution < -0.4 is 9.47 Å². The van der Waals surface area contributed by atoms with Crippen molar-refractivity contribution in [2.75, 3.05) is 7.11 Å². The third kappa shape index (κ3) is 5.59. The molecule has 0 bridgehead atoms. The van der Waals surface area contributed by atoms with Crippen molar-refractivity contribution in [3.63, 3.8) is 0 Å². The number of ether oxygens (including phenoxy) is 2. The Labute approximate surface area is 202 Å². The Morgan fingerprint density at radius 1 is 1.07 bits per heavy atom. The molecule has 7 heteroatoms. The van der Waals surface area contributed by atoms with E-state index in [0.29, 0.717) is 31.6 Å². The molecule has 3 rings (SSSR count). The SMILES string of the molecule is COc1cc(/C=C(/C#N)c2ccc(Br)cc2)cc(Br)c1OCc1ccc(Cl)cc1Cl. The van der Waals surface area contributed by atoms with Crippen molar-refractivity contribution < 1.29 is 9.47 Å². The van der Waals surface area contributed by atoms with Crippen LogP contribution in [-0.4, -0.2) is 7.11 Å². The number of hydrogen-bond acceptors (Lipinski definition) is 3. The lowest BCUT2D eigenvalue weighted by atomic mass is 10.0. The Hall–Kier alpha value is -1.97. The molecule has 0 aliphatic heterocycles. The van der Waals surface area contributed by atoms with Crippen LogP contribution in [0.15, 0.2) is 63.5 Å². The van der Waals surface area contributed by atoms with Crippen LogP contribution in [0.1, 0.15) is 16.7 Å². The van der Waals surface area contributed by atoms with Gasteiger partial charge >= 0.3 is 0 Å². The maximum Gasteiger partial charge on any atom is 0.175 e. The van der Waals surface area contributed by atoms with Gasteiger partial charge in [-0.2, -0.15) is 5.26 Å². The Balaban J connectivity index is 1.89. The van der Waals surface area contributed by atoms with Gasteiger partial charge in [-0.1, -0.05) is 57.3 Å². The van der Waals surface area contributed by atoms with Crippen LogP contribution in [0.4, 0.5) is 0 Å². The first-order chi connectivity index (χ1) is 14.4. The summed E-state index contributed by atoms with van der Waals surface area (Å²) in [5, 5.41) is 10.7. The molecular weight excluding hydrogens is 553 g/mol. The lowest BCUT2D eigenvalue weighted by Gasteiger charge is -2.14. The summed E-state index contributed by atoms with van der Waals surface area (Å²) in [5.41, 5.74) is 2.97. The van der Waals surface area contributed by atoms with Gasteiger partial charge in [0.2, 0.25) is 0 Å². The standard InChI is InChI=1S/C23H15Br2Cl2NO2/c1-29-22-10-14(8-17(12-28)15-2-5-18(24)6-3-15)9-20(25)23(22)30-13-16-4-7-19(26)11-21(16)27/h2-11H,13H2,1H3/b17-8-. The molecule has 0 spiro atoms. The predicted molar refractivity (Wildman–Crippen MR) is 129 cm³/mol. The zero-order chi connectivity index (χ0) is 21.7. The van der Waals surface area contributed by atoms with Gasteiger partial charge < -0.3 is 9.47 Å². The first kappa shape index (κ1) is 22.7. The van der Waals surface area contributed by atoms with Gasteiger partial charge in [0, 0.05) is 20.1 Å². The topological polar surface area (TPSA) is 42.2 Å². The van der Waals surface area contributed by atoms with Gasteiger partial charge in [0.1, 0.15) is 6.61 Å². The lowest BCUT2D eigenvalue weighted by Crippen LogP contribution is -2.00. The van der Waals surface area contributed by atoms with E-state index >= 15 is 0 Å². The van der Waals surface area contributed by atoms with E-state index in [2.05, 4.69) is 37.9 Å². The highest BCUT2D eigenvalue weighted by Gasteiger charge is 2.13. The van der Waals surface area contributed by atoms with Crippen molar-refractivity contribution in [1.29, 1.82) is 5.26 Å². The molecule has 0 saturated heterocycles. The van der Waals surface area contributed by atoms with Crippen molar-refractivity contribution >= 4 is 66.7 Å². The highest BCUT2D eigenvalue weighted by Crippen LogP contribution is 2.38. The van der Waals surface area contributed by atoms with E-state index in [-0.39, 0.29) is 6.61 Å². The summed E-state index contributed by atoms with van der Waals surface area (Å²) in [6.07, 6.45) is 1.80. The zero-order valence-corrected chi connectivity index (χ0v) is 20.4. The number of halogens is 4. The summed E-state index contributed by atoms with van der Waals surface area (Å²) >= 11 is 19.1. The van der Waals surface area contributed by atoms with Crippen LogP contribution in [0, 0.1) is 11.3 Å². The number of benzene rings is 3. The van der Waals surface area contributed by atoms with Gasteiger partial charge in [-0.25, -0.2) is 0 Å². The van der Waals surface area contributed by atoms with E-state index in [1.165, 1.54) is 0 Å². The van der Waals surface area contributed by atoms with Gasteiger partial charge in [-0.15, -0.1) is 0 Å². The third-order valence-electron chi connectivity index (χ3n) is 4.23. The number of hydrogen-bond donors (Lipinski definition) is 0. The molecule has 3 aromatic carbocycles. The monoisotopic (exact) mass is 565 g/mol. The molecule has 0 amide bonds. The molecular formula is C23H15Br2Cl2NO2. The van der Waals surface area contributed by atoms with E-state index in [1.54, 1.807) is 25.3 Å². The molecule has 152 valence electrons. The van der Waals surface area contributed by atoms with E-state index < -0.39 is 0 Å². The first-order valence-corrected chi connectivity index (χ1v) is 11.1. The van der Waals surface area contributed by atoms with Crippen molar-refractivity contribution in [1.82, 2.24) is 0 Å². The first-order valence-electron chi connectivity index (χ1n) is 8.73. The maximum atomic E-state index is 9.60. The van der Waals surface area contributed by atoms with E-state index in [4.69, 9.17) is 32.7 Å². The van der Waals surface area contributed by atoms with Crippen LogP contribution in [0.5, 0.6) is 11.5 Å². The molecule has 0 N–H and O–H groups in total. The predicted octanol–water partition coefficient (Wildman–Crippen LogP) is 8.17. The summed E-state index contributed by atoms with van der Waals surface area (Å²) in [4.78, 5) is 0. The maximum absolute atomic E-state index is 9.60. The molecule has 0 unspecified atom stereocenters.